The third-order valence-electron chi connectivity index (χ3n) is 6.05. The van der Waals surface area contributed by atoms with E-state index in [0.29, 0.717) is 10.8 Å². The zero-order valence-corrected chi connectivity index (χ0v) is 15.2. The maximum atomic E-state index is 2.55. The number of rotatable bonds is 2. The Morgan fingerprint density at radius 1 is 0.900 bits per heavy atom. The van der Waals surface area contributed by atoms with Gasteiger partial charge in [-0.15, -0.1) is 0 Å². The first-order valence-electron chi connectivity index (χ1n) is 9.24. The van der Waals surface area contributed by atoms with Crippen LogP contribution in [0.5, 0.6) is 0 Å². The molecule has 0 heterocycles. The maximum Gasteiger partial charge on any atom is -0.0277 e. The van der Waals surface area contributed by atoms with Crippen molar-refractivity contribution in [3.8, 4) is 0 Å². The van der Waals surface area contributed by atoms with E-state index in [9.17, 15) is 0 Å². The van der Waals surface area contributed by atoms with Gasteiger partial charge in [-0.1, -0.05) is 86.5 Å². The molecule has 1 aliphatic carbocycles. The second-order valence-electron chi connectivity index (χ2n) is 9.15. The molecule has 1 aliphatic rings. The van der Waals surface area contributed by atoms with Crippen molar-refractivity contribution in [1.82, 2.24) is 0 Å². The highest BCUT2D eigenvalue weighted by Crippen LogP contribution is 2.47. The van der Waals surface area contributed by atoms with Gasteiger partial charge in [0, 0.05) is 0 Å². The monoisotopic (exact) mass is 280 g/mol. The topological polar surface area (TPSA) is 0 Å². The summed E-state index contributed by atoms with van der Waals surface area (Å²) in [5, 5.41) is 0. The Kier molecular flexibility index (Phi) is 7.09. The van der Waals surface area contributed by atoms with Gasteiger partial charge in [-0.25, -0.2) is 0 Å². The molecular formula is C20H40. The summed E-state index contributed by atoms with van der Waals surface area (Å²) >= 11 is 0. The molecule has 0 spiro atoms. The van der Waals surface area contributed by atoms with Gasteiger partial charge in [0.15, 0.2) is 0 Å². The molecule has 0 nitrogen and oxygen atoms in total. The van der Waals surface area contributed by atoms with Crippen LogP contribution >= 0.6 is 0 Å². The van der Waals surface area contributed by atoms with Gasteiger partial charge in [0.05, 0.1) is 0 Å². The molecule has 0 N–H and O–H groups in total. The summed E-state index contributed by atoms with van der Waals surface area (Å²) in [5.74, 6) is 1.89. The first-order chi connectivity index (χ1) is 9.24. The number of hydrogen-bond acceptors (Lipinski definition) is 0. The average Bonchev–Trinajstić information content (AvgIpc) is 2.34. The Balaban J connectivity index is 2.58. The predicted molar refractivity (Wildman–Crippen MR) is 92.1 cm³/mol. The van der Waals surface area contributed by atoms with E-state index in [4.69, 9.17) is 0 Å². The van der Waals surface area contributed by atoms with Crippen molar-refractivity contribution in [2.75, 3.05) is 0 Å². The van der Waals surface area contributed by atoms with Crippen molar-refractivity contribution in [2.45, 2.75) is 106 Å². The van der Waals surface area contributed by atoms with E-state index in [1.165, 1.54) is 64.2 Å². The highest BCUT2D eigenvalue weighted by Gasteiger charge is 2.36. The molecule has 1 saturated carbocycles. The lowest BCUT2D eigenvalue weighted by Gasteiger charge is -2.43. The molecule has 120 valence electrons. The fourth-order valence-corrected chi connectivity index (χ4v) is 3.99. The quantitative estimate of drug-likeness (QED) is 0.500. The van der Waals surface area contributed by atoms with Crippen LogP contribution in [0.1, 0.15) is 106 Å². The van der Waals surface area contributed by atoms with Crippen LogP contribution in [0.15, 0.2) is 0 Å². The van der Waals surface area contributed by atoms with Crippen molar-refractivity contribution in [3.05, 3.63) is 0 Å². The van der Waals surface area contributed by atoms with Crippen LogP contribution in [0, 0.1) is 22.7 Å². The predicted octanol–water partition coefficient (Wildman–Crippen LogP) is 7.23. The molecule has 1 rings (SSSR count). The van der Waals surface area contributed by atoms with Gasteiger partial charge in [0.1, 0.15) is 0 Å². The van der Waals surface area contributed by atoms with Crippen LogP contribution in [-0.2, 0) is 0 Å². The molecule has 0 bridgehead atoms. The summed E-state index contributed by atoms with van der Waals surface area (Å²) < 4.78 is 0. The highest BCUT2D eigenvalue weighted by molar-refractivity contribution is 4.86. The van der Waals surface area contributed by atoms with Crippen molar-refractivity contribution >= 4 is 0 Å². The second kappa shape index (κ2) is 7.85. The Bertz CT molecular complexity index is 258. The van der Waals surface area contributed by atoms with E-state index in [0.717, 1.165) is 11.8 Å². The zero-order valence-electron chi connectivity index (χ0n) is 15.2. The normalized spacial score (nSPS) is 31.1. The van der Waals surface area contributed by atoms with E-state index < -0.39 is 0 Å². The summed E-state index contributed by atoms with van der Waals surface area (Å²) in [6.07, 6.45) is 14.6. The van der Waals surface area contributed by atoms with Crippen molar-refractivity contribution in [3.63, 3.8) is 0 Å². The Labute approximate surface area is 129 Å². The average molecular weight is 281 g/mol. The molecule has 0 aliphatic heterocycles. The standard InChI is InChI=1S/C20H40/c1-17(2)16-18-12-8-7-10-14-20(6,19(3,4)5)15-11-9-13-18/h17-18H,7-16H2,1-6H3. The minimum absolute atomic E-state index is 0.457. The third kappa shape index (κ3) is 5.78. The van der Waals surface area contributed by atoms with Crippen molar-refractivity contribution < 1.29 is 0 Å². The molecule has 0 aromatic heterocycles. The third-order valence-corrected chi connectivity index (χ3v) is 6.05. The van der Waals surface area contributed by atoms with E-state index in [1.807, 2.05) is 0 Å². The molecule has 0 amide bonds. The summed E-state index contributed by atoms with van der Waals surface area (Å²) in [6, 6.07) is 0. The van der Waals surface area contributed by atoms with E-state index >= 15 is 0 Å². The van der Waals surface area contributed by atoms with Crippen LogP contribution in [-0.4, -0.2) is 0 Å². The van der Waals surface area contributed by atoms with Crippen LogP contribution in [0.4, 0.5) is 0 Å². The second-order valence-corrected chi connectivity index (χ2v) is 9.15. The van der Waals surface area contributed by atoms with E-state index in [1.54, 1.807) is 0 Å². The molecular weight excluding hydrogens is 240 g/mol. The van der Waals surface area contributed by atoms with E-state index in [2.05, 4.69) is 41.5 Å². The molecule has 20 heavy (non-hydrogen) atoms. The first kappa shape index (κ1) is 18.1. The van der Waals surface area contributed by atoms with Crippen LogP contribution in [0.2, 0.25) is 0 Å². The van der Waals surface area contributed by atoms with E-state index in [-0.39, 0.29) is 0 Å². The molecule has 0 heteroatoms. The fraction of sp³-hybridized carbons (Fsp3) is 1.00. The van der Waals surface area contributed by atoms with Gasteiger partial charge in [-0.3, -0.25) is 0 Å². The summed E-state index contributed by atoms with van der Waals surface area (Å²) in [6.45, 7) is 14.7. The largest absolute Gasteiger partial charge is 0.0628 e. The molecule has 2 unspecified atom stereocenters. The molecule has 0 saturated heterocycles. The van der Waals surface area contributed by atoms with Gasteiger partial charge in [-0.2, -0.15) is 0 Å². The molecule has 0 aromatic rings. The summed E-state index contributed by atoms with van der Waals surface area (Å²) in [5.41, 5.74) is 1.00. The fourth-order valence-electron chi connectivity index (χ4n) is 3.99. The van der Waals surface area contributed by atoms with Crippen LogP contribution < -0.4 is 0 Å². The van der Waals surface area contributed by atoms with Crippen LogP contribution in [0.25, 0.3) is 0 Å². The lowest BCUT2D eigenvalue weighted by molar-refractivity contribution is 0.0782. The zero-order chi connectivity index (χ0) is 15.2. The SMILES string of the molecule is CC(C)CC1CCCCCC(C)(C(C)(C)C)CCCC1. The lowest BCUT2D eigenvalue weighted by atomic mass is 9.63. The lowest BCUT2D eigenvalue weighted by Crippen LogP contribution is -2.32. The molecule has 0 aromatic carbocycles. The minimum Gasteiger partial charge on any atom is -0.0628 e. The van der Waals surface area contributed by atoms with Crippen LogP contribution in [0.3, 0.4) is 0 Å². The van der Waals surface area contributed by atoms with Crippen molar-refractivity contribution in [2.24, 2.45) is 22.7 Å². The molecule has 1 fully saturated rings. The highest BCUT2D eigenvalue weighted by atomic mass is 14.4. The number of hydrogen-bond donors (Lipinski definition) is 0. The van der Waals surface area contributed by atoms with Gasteiger partial charge in [-0.05, 0) is 41.9 Å². The molecule has 2 atom stereocenters. The Morgan fingerprint density at radius 2 is 1.40 bits per heavy atom. The summed E-state index contributed by atoms with van der Waals surface area (Å²) in [4.78, 5) is 0. The van der Waals surface area contributed by atoms with Gasteiger partial charge >= 0.3 is 0 Å². The minimum atomic E-state index is 0.457. The summed E-state index contributed by atoms with van der Waals surface area (Å²) in [7, 11) is 0. The van der Waals surface area contributed by atoms with Gasteiger partial charge in [0.2, 0.25) is 0 Å². The Morgan fingerprint density at radius 3 is 1.90 bits per heavy atom. The van der Waals surface area contributed by atoms with Crippen molar-refractivity contribution in [1.29, 1.82) is 0 Å². The Hall–Kier alpha value is 0. The molecule has 0 radical (unpaired) electrons. The maximum absolute atomic E-state index is 2.55. The smallest absolute Gasteiger partial charge is 0.0277 e. The first-order valence-corrected chi connectivity index (χ1v) is 9.24. The van der Waals surface area contributed by atoms with Gasteiger partial charge < -0.3 is 0 Å². The van der Waals surface area contributed by atoms with Gasteiger partial charge in [0.25, 0.3) is 0 Å².